The molecule has 0 aliphatic carbocycles. The van der Waals surface area contributed by atoms with E-state index < -0.39 is 0 Å². The molecule has 0 rings (SSSR count). The molecule has 0 nitrogen and oxygen atoms in total. The van der Waals surface area contributed by atoms with Crippen LogP contribution in [0.15, 0.2) is 0 Å². The molecule has 0 amide bonds. The number of hydrogen-bond donors (Lipinski definition) is 0. The summed E-state index contributed by atoms with van der Waals surface area (Å²) in [6, 6.07) is 0. The summed E-state index contributed by atoms with van der Waals surface area (Å²) in [4.78, 5) is 0. The zero-order valence-corrected chi connectivity index (χ0v) is 19.4. The Balaban J connectivity index is 0. The van der Waals surface area contributed by atoms with Crippen LogP contribution >= 0.6 is 0 Å². The van der Waals surface area contributed by atoms with Crippen LogP contribution in [0.1, 0.15) is 0 Å². The van der Waals surface area contributed by atoms with Crippen molar-refractivity contribution in [1.82, 2.24) is 0 Å². The molecule has 0 saturated heterocycles. The second-order valence-corrected chi connectivity index (χ2v) is 0. The number of hydrogen-bond acceptors (Lipinski definition) is 0. The van der Waals surface area contributed by atoms with E-state index in [1.54, 1.807) is 0 Å². The summed E-state index contributed by atoms with van der Waals surface area (Å²) in [6.45, 7) is 0. The van der Waals surface area contributed by atoms with Crippen LogP contribution in [0.5, 0.6) is 0 Å². The van der Waals surface area contributed by atoms with Gasteiger partial charge in [0.25, 0.3) is 0 Å². The molecule has 0 aliphatic heterocycles. The fourth-order valence-electron chi connectivity index (χ4n) is 0. The van der Waals surface area contributed by atoms with E-state index in [1.165, 1.54) is 0 Å². The molecule has 4 heteroatoms. The van der Waals surface area contributed by atoms with Crippen molar-refractivity contribution >= 4 is 24.4 Å². The molecular weight excluding hydrogens is 500 g/mol. The molecule has 0 unspecified atom stereocenters. The van der Waals surface area contributed by atoms with Gasteiger partial charge in [0.15, 0.2) is 0 Å². The first-order valence-corrected chi connectivity index (χ1v) is 0. The summed E-state index contributed by atoms with van der Waals surface area (Å²) >= 11 is 0. The molecule has 0 N–H and O–H groups in total. The molecule has 0 heterocycles. The van der Waals surface area contributed by atoms with Crippen LogP contribution < -0.4 is 0 Å². The van der Waals surface area contributed by atoms with Gasteiger partial charge < -0.3 is 0 Å². The standard InChI is InChI=1S/Cd.Hg.Sb.Zn.3H. The zero-order valence-electron chi connectivity index (χ0n) is 2.83. The van der Waals surface area contributed by atoms with Crippen molar-refractivity contribution in [3.8, 4) is 0 Å². The molecule has 0 aromatic carbocycles. The minimum Gasteiger partial charge on any atom is 0 e. The molecule has 0 bridgehead atoms. The van der Waals surface area contributed by atoms with Gasteiger partial charge in [0.2, 0.25) is 0 Å². The Hall–Kier alpha value is 3.30. The summed E-state index contributed by atoms with van der Waals surface area (Å²) in [5.41, 5.74) is 0. The Morgan fingerprint density at radius 1 is 1.00 bits per heavy atom. The molecule has 0 aromatic heterocycles. The third-order valence-electron chi connectivity index (χ3n) is 0. The molecule has 14 valence electrons. The monoisotopic (exact) mass is 504 g/mol. The summed E-state index contributed by atoms with van der Waals surface area (Å²) in [6.07, 6.45) is 0. The van der Waals surface area contributed by atoms with Gasteiger partial charge in [-0.15, -0.1) is 0 Å². The van der Waals surface area contributed by atoms with Crippen LogP contribution in [0.3, 0.4) is 0 Å². The van der Waals surface area contributed by atoms with Crippen LogP contribution in [-0.4, -0.2) is 24.4 Å². The second-order valence-electron chi connectivity index (χ2n) is 0. The predicted molar refractivity (Wildman–Crippen MR) is 9.94 cm³/mol. The maximum absolute atomic E-state index is 0. The Morgan fingerprint density at radius 3 is 1.00 bits per heavy atom. The normalized spacial score (nSPS) is 0. The molecule has 0 saturated carbocycles. The Kier molecular flexibility index (Phi) is 108. The minimum atomic E-state index is 0. The largest absolute Gasteiger partial charge is 0 e. The van der Waals surface area contributed by atoms with Crippen molar-refractivity contribution in [2.45, 2.75) is 0 Å². The van der Waals surface area contributed by atoms with Crippen molar-refractivity contribution in [3.05, 3.63) is 0 Å². The van der Waals surface area contributed by atoms with E-state index in [0.29, 0.717) is 0 Å². The molecule has 0 radical (unpaired) electrons. The summed E-state index contributed by atoms with van der Waals surface area (Å²) in [7, 11) is 0. The fraction of sp³-hybridized carbons (Fsp3) is 0. The van der Waals surface area contributed by atoms with E-state index in [0.717, 1.165) is 0 Å². The number of rotatable bonds is 0. The van der Waals surface area contributed by atoms with Crippen molar-refractivity contribution in [2.75, 3.05) is 0 Å². The smallest absolute Gasteiger partial charge is 0 e. The summed E-state index contributed by atoms with van der Waals surface area (Å²) in [5, 5.41) is 0. The fourth-order valence-corrected chi connectivity index (χ4v) is 0. The quantitative estimate of drug-likeness (QED) is 0.365. The van der Waals surface area contributed by atoms with Crippen LogP contribution in [0, 0.1) is 0 Å². The summed E-state index contributed by atoms with van der Waals surface area (Å²) < 4.78 is 0. The van der Waals surface area contributed by atoms with Gasteiger partial charge in [-0.05, 0) is 0 Å². The van der Waals surface area contributed by atoms with Gasteiger partial charge in [0, 0.05) is 74.4 Å². The van der Waals surface area contributed by atoms with Crippen molar-refractivity contribution in [1.29, 1.82) is 0 Å². The van der Waals surface area contributed by atoms with E-state index in [-0.39, 0.29) is 98.9 Å². The van der Waals surface area contributed by atoms with Crippen molar-refractivity contribution in [2.24, 2.45) is 0 Å². The van der Waals surface area contributed by atoms with E-state index >= 15 is 0 Å². The predicted octanol–water partition coefficient (Wildman–Crippen LogP) is -1.19. The third-order valence-corrected chi connectivity index (χ3v) is 0. The van der Waals surface area contributed by atoms with E-state index in [1.807, 2.05) is 0 Å². The molecule has 0 spiro atoms. The first-order valence-electron chi connectivity index (χ1n) is 0. The van der Waals surface area contributed by atoms with Gasteiger partial charge in [0.05, 0.1) is 0 Å². The van der Waals surface area contributed by atoms with Gasteiger partial charge in [-0.2, -0.15) is 0 Å². The maximum atomic E-state index is 0. The van der Waals surface area contributed by atoms with Crippen molar-refractivity contribution < 1.29 is 74.4 Å². The molecule has 4 heavy (non-hydrogen) atoms. The zero-order chi connectivity index (χ0) is 0. The average Bonchev–Trinajstić information content (AvgIpc) is 0. The molecule has 0 atom stereocenters. The van der Waals surface area contributed by atoms with Crippen LogP contribution in [0.4, 0.5) is 0 Å². The maximum Gasteiger partial charge on any atom is 0 e. The van der Waals surface area contributed by atoms with E-state index in [9.17, 15) is 0 Å². The molecule has 0 fully saturated rings. The average molecular weight is 503 g/mol. The van der Waals surface area contributed by atoms with Gasteiger partial charge in [-0.25, -0.2) is 0 Å². The Morgan fingerprint density at radius 2 is 1.00 bits per heavy atom. The Bertz CT molecular complexity index is 8.00. The topological polar surface area (TPSA) is 0 Å². The van der Waals surface area contributed by atoms with Crippen LogP contribution in [-0.2, 0) is 74.4 Å². The Labute approximate surface area is 96.7 Å². The van der Waals surface area contributed by atoms with E-state index in [4.69, 9.17) is 0 Å². The molecular formula is H3CdHgSbZn. The second kappa shape index (κ2) is 16.3. The van der Waals surface area contributed by atoms with Crippen LogP contribution in [0.2, 0.25) is 0 Å². The SMILES string of the molecule is [Cd].[Hg].[SbH3].[Zn]. The van der Waals surface area contributed by atoms with Gasteiger partial charge in [-0.3, -0.25) is 0 Å². The van der Waals surface area contributed by atoms with E-state index in [2.05, 4.69) is 0 Å². The molecule has 0 aliphatic rings. The first kappa shape index (κ1) is 26.6. The summed E-state index contributed by atoms with van der Waals surface area (Å²) in [5.74, 6) is 0. The first-order chi connectivity index (χ1) is 0. The van der Waals surface area contributed by atoms with Crippen molar-refractivity contribution in [3.63, 3.8) is 0 Å². The van der Waals surface area contributed by atoms with Gasteiger partial charge in [-0.1, -0.05) is 0 Å². The minimum absolute atomic E-state index is 0. The van der Waals surface area contributed by atoms with Gasteiger partial charge in [0.1, 0.15) is 0 Å². The third kappa shape index (κ3) is 9.00. The van der Waals surface area contributed by atoms with Gasteiger partial charge >= 0.3 is 24.4 Å². The van der Waals surface area contributed by atoms with Crippen LogP contribution in [0.25, 0.3) is 0 Å². The molecule has 0 aromatic rings.